The topological polar surface area (TPSA) is 98.4 Å². The molecule has 0 aromatic carbocycles. The SMILES string of the molecule is CO[C@@]1(CCC(N)=O)CCCN(C(=O)c2cnc(C)nc2C)C1. The Hall–Kier alpha value is -2.02. The minimum atomic E-state index is -0.512. The maximum absolute atomic E-state index is 12.8. The first-order valence-corrected chi connectivity index (χ1v) is 7.80. The lowest BCUT2D eigenvalue weighted by molar-refractivity contribution is -0.120. The average molecular weight is 320 g/mol. The minimum Gasteiger partial charge on any atom is -0.376 e. The third-order valence-electron chi connectivity index (χ3n) is 4.42. The number of carbonyl (C=O) groups excluding carboxylic acids is 2. The molecule has 2 amide bonds. The Morgan fingerprint density at radius 3 is 2.78 bits per heavy atom. The third kappa shape index (κ3) is 4.04. The minimum absolute atomic E-state index is 0.0947. The highest BCUT2D eigenvalue weighted by atomic mass is 16.5. The van der Waals surface area contributed by atoms with Crippen molar-refractivity contribution in [2.75, 3.05) is 20.2 Å². The molecule has 1 aliphatic heterocycles. The van der Waals surface area contributed by atoms with E-state index in [1.54, 1.807) is 25.1 Å². The van der Waals surface area contributed by atoms with E-state index in [9.17, 15) is 9.59 Å². The molecule has 1 aromatic rings. The van der Waals surface area contributed by atoms with Gasteiger partial charge in [-0.1, -0.05) is 0 Å². The van der Waals surface area contributed by atoms with E-state index in [1.807, 2.05) is 6.92 Å². The summed E-state index contributed by atoms with van der Waals surface area (Å²) in [6.45, 7) is 4.71. The molecule has 1 aromatic heterocycles. The lowest BCUT2D eigenvalue weighted by Gasteiger charge is -2.42. The molecule has 0 unspecified atom stereocenters. The number of nitrogens with zero attached hydrogens (tertiary/aromatic N) is 3. The highest BCUT2D eigenvalue weighted by molar-refractivity contribution is 5.95. The summed E-state index contributed by atoms with van der Waals surface area (Å²) in [4.78, 5) is 34.0. The number of carbonyl (C=O) groups is 2. The van der Waals surface area contributed by atoms with Gasteiger partial charge in [0.2, 0.25) is 5.91 Å². The molecule has 7 nitrogen and oxygen atoms in total. The molecule has 2 heterocycles. The molecular formula is C16H24N4O3. The molecule has 0 spiro atoms. The first kappa shape index (κ1) is 17.3. The van der Waals surface area contributed by atoms with Crippen LogP contribution in [0.3, 0.4) is 0 Å². The highest BCUT2D eigenvalue weighted by Gasteiger charge is 2.37. The van der Waals surface area contributed by atoms with Crippen molar-refractivity contribution in [3.63, 3.8) is 0 Å². The maximum Gasteiger partial charge on any atom is 0.257 e. The van der Waals surface area contributed by atoms with Crippen LogP contribution in [-0.2, 0) is 9.53 Å². The number of nitrogens with two attached hydrogens (primary N) is 1. The van der Waals surface area contributed by atoms with Gasteiger partial charge in [0.25, 0.3) is 5.91 Å². The van der Waals surface area contributed by atoms with Gasteiger partial charge in [-0.3, -0.25) is 9.59 Å². The van der Waals surface area contributed by atoms with Crippen LogP contribution in [0.5, 0.6) is 0 Å². The summed E-state index contributed by atoms with van der Waals surface area (Å²) in [5.41, 5.74) is 5.93. The highest BCUT2D eigenvalue weighted by Crippen LogP contribution is 2.30. The number of aromatic nitrogens is 2. The molecule has 0 radical (unpaired) electrons. The van der Waals surface area contributed by atoms with E-state index in [2.05, 4.69) is 9.97 Å². The fraction of sp³-hybridized carbons (Fsp3) is 0.625. The van der Waals surface area contributed by atoms with Crippen molar-refractivity contribution in [3.8, 4) is 0 Å². The van der Waals surface area contributed by atoms with E-state index in [4.69, 9.17) is 10.5 Å². The monoisotopic (exact) mass is 320 g/mol. The van der Waals surface area contributed by atoms with Crippen LogP contribution in [0.15, 0.2) is 6.20 Å². The molecular weight excluding hydrogens is 296 g/mol. The standard InChI is InChI=1S/C16H24N4O3/c1-11-13(9-18-12(2)19-11)15(22)20-8-4-6-16(10-20,23-3)7-5-14(17)21/h9H,4-8,10H2,1-3H3,(H2,17,21)/t16-/m1/s1. The maximum atomic E-state index is 12.8. The van der Waals surface area contributed by atoms with Crippen LogP contribution in [0.4, 0.5) is 0 Å². The number of rotatable bonds is 5. The molecule has 0 aliphatic carbocycles. The number of amides is 2. The fourth-order valence-electron chi connectivity index (χ4n) is 3.06. The van der Waals surface area contributed by atoms with E-state index in [0.717, 1.165) is 12.8 Å². The molecule has 7 heteroatoms. The van der Waals surface area contributed by atoms with Crippen molar-refractivity contribution in [1.82, 2.24) is 14.9 Å². The zero-order valence-electron chi connectivity index (χ0n) is 14.0. The molecule has 1 aliphatic rings. The van der Waals surface area contributed by atoms with Gasteiger partial charge in [-0.25, -0.2) is 9.97 Å². The molecule has 2 rings (SSSR count). The quantitative estimate of drug-likeness (QED) is 0.872. The predicted octanol–water partition coefficient (Wildman–Crippen LogP) is 0.980. The molecule has 23 heavy (non-hydrogen) atoms. The summed E-state index contributed by atoms with van der Waals surface area (Å²) in [5.74, 6) is 0.195. The van der Waals surface area contributed by atoms with Crippen molar-refractivity contribution < 1.29 is 14.3 Å². The van der Waals surface area contributed by atoms with E-state index < -0.39 is 5.60 Å². The Morgan fingerprint density at radius 1 is 1.43 bits per heavy atom. The second-order valence-electron chi connectivity index (χ2n) is 6.10. The van der Waals surface area contributed by atoms with Gasteiger partial charge >= 0.3 is 0 Å². The van der Waals surface area contributed by atoms with Crippen molar-refractivity contribution in [2.45, 2.75) is 45.1 Å². The zero-order valence-corrected chi connectivity index (χ0v) is 14.0. The Kier molecular flexibility index (Phi) is 5.30. The van der Waals surface area contributed by atoms with Crippen LogP contribution in [0.2, 0.25) is 0 Å². The van der Waals surface area contributed by atoms with Crippen molar-refractivity contribution >= 4 is 11.8 Å². The number of ether oxygens (including phenoxy) is 1. The number of aryl methyl sites for hydroxylation is 2. The van der Waals surface area contributed by atoms with Crippen LogP contribution in [0, 0.1) is 13.8 Å². The van der Waals surface area contributed by atoms with Crippen LogP contribution in [-0.4, -0.2) is 52.5 Å². The molecule has 0 saturated carbocycles. The predicted molar refractivity (Wildman–Crippen MR) is 84.8 cm³/mol. The molecule has 0 bridgehead atoms. The first-order valence-electron chi connectivity index (χ1n) is 7.80. The van der Waals surface area contributed by atoms with Gasteiger partial charge in [0.05, 0.1) is 16.9 Å². The van der Waals surface area contributed by atoms with Gasteiger partial charge in [-0.2, -0.15) is 0 Å². The van der Waals surface area contributed by atoms with E-state index >= 15 is 0 Å². The van der Waals surface area contributed by atoms with Gasteiger partial charge in [0.15, 0.2) is 0 Å². The first-order chi connectivity index (χ1) is 10.9. The normalized spacial score (nSPS) is 21.3. The van der Waals surface area contributed by atoms with E-state index in [0.29, 0.717) is 36.6 Å². The number of piperidine rings is 1. The molecule has 1 fully saturated rings. The van der Waals surface area contributed by atoms with Crippen LogP contribution < -0.4 is 5.73 Å². The number of hydrogen-bond donors (Lipinski definition) is 1. The van der Waals surface area contributed by atoms with Gasteiger partial charge in [-0.05, 0) is 33.1 Å². The molecule has 126 valence electrons. The van der Waals surface area contributed by atoms with E-state index in [-0.39, 0.29) is 18.2 Å². The Balaban J connectivity index is 2.15. The van der Waals surface area contributed by atoms with Crippen molar-refractivity contribution in [3.05, 3.63) is 23.3 Å². The summed E-state index contributed by atoms with van der Waals surface area (Å²) in [7, 11) is 1.62. The third-order valence-corrected chi connectivity index (χ3v) is 4.42. The van der Waals surface area contributed by atoms with E-state index in [1.165, 1.54) is 0 Å². The summed E-state index contributed by atoms with van der Waals surface area (Å²) in [6.07, 6.45) is 3.98. The second kappa shape index (κ2) is 7.04. The Labute approximate surface area is 136 Å². The van der Waals surface area contributed by atoms with Gasteiger partial charge in [0, 0.05) is 32.8 Å². The number of hydrogen-bond acceptors (Lipinski definition) is 5. The largest absolute Gasteiger partial charge is 0.376 e. The van der Waals surface area contributed by atoms with Gasteiger partial charge in [-0.15, -0.1) is 0 Å². The van der Waals surface area contributed by atoms with Crippen molar-refractivity contribution in [2.24, 2.45) is 5.73 Å². The van der Waals surface area contributed by atoms with Crippen molar-refractivity contribution in [1.29, 1.82) is 0 Å². The summed E-state index contributed by atoms with van der Waals surface area (Å²) < 4.78 is 5.66. The fourth-order valence-corrected chi connectivity index (χ4v) is 3.06. The summed E-state index contributed by atoms with van der Waals surface area (Å²) >= 11 is 0. The number of primary amides is 1. The van der Waals surface area contributed by atoms with Crippen LogP contribution >= 0.6 is 0 Å². The zero-order chi connectivity index (χ0) is 17.0. The summed E-state index contributed by atoms with van der Waals surface area (Å²) in [6, 6.07) is 0. The Morgan fingerprint density at radius 2 is 2.17 bits per heavy atom. The lowest BCUT2D eigenvalue weighted by atomic mass is 9.87. The Bertz CT molecular complexity index is 605. The molecule has 1 atom stereocenters. The van der Waals surface area contributed by atoms with Crippen LogP contribution in [0.1, 0.15) is 47.6 Å². The lowest BCUT2D eigenvalue weighted by Crippen LogP contribution is -2.51. The van der Waals surface area contributed by atoms with Gasteiger partial charge < -0.3 is 15.4 Å². The average Bonchev–Trinajstić information content (AvgIpc) is 2.52. The number of likely N-dealkylation sites (tertiary alicyclic amines) is 1. The summed E-state index contributed by atoms with van der Waals surface area (Å²) in [5, 5.41) is 0. The van der Waals surface area contributed by atoms with Crippen LogP contribution in [0.25, 0.3) is 0 Å². The van der Waals surface area contributed by atoms with Gasteiger partial charge in [0.1, 0.15) is 5.82 Å². The second-order valence-corrected chi connectivity index (χ2v) is 6.10. The molecule has 1 saturated heterocycles. The smallest absolute Gasteiger partial charge is 0.257 e. The molecule has 2 N–H and O–H groups in total. The number of methoxy groups -OCH3 is 1.